The first-order chi connectivity index (χ1) is 14.3. The van der Waals surface area contributed by atoms with Gasteiger partial charge in [0.2, 0.25) is 11.9 Å². The molecular weight excluding hydrogens is 379 g/mol. The highest BCUT2D eigenvalue weighted by Gasteiger charge is 2.47. The number of amides is 1. The molecule has 2 N–H and O–H groups in total. The maximum Gasteiger partial charge on any atom is 0.239 e. The summed E-state index contributed by atoms with van der Waals surface area (Å²) >= 11 is 0. The average molecular weight is 404 g/mol. The molecule has 1 aliphatic heterocycles. The first kappa shape index (κ1) is 21.2. The predicted octanol–water partition coefficient (Wildman–Crippen LogP) is 4.07. The van der Waals surface area contributed by atoms with Gasteiger partial charge in [0, 0.05) is 18.8 Å². The highest BCUT2D eigenvalue weighted by atomic mass is 19.1. The van der Waals surface area contributed by atoms with Crippen molar-refractivity contribution in [1.29, 1.82) is 0 Å². The third kappa shape index (κ3) is 3.81. The van der Waals surface area contributed by atoms with Gasteiger partial charge in [0.25, 0.3) is 0 Å². The van der Waals surface area contributed by atoms with E-state index < -0.39 is 17.4 Å². The maximum atomic E-state index is 14.2. The van der Waals surface area contributed by atoms with E-state index in [0.29, 0.717) is 11.1 Å². The number of aromatic nitrogens is 1. The smallest absolute Gasteiger partial charge is 0.239 e. The molecule has 2 heterocycles. The van der Waals surface area contributed by atoms with Gasteiger partial charge in [-0.3, -0.25) is 9.69 Å². The largest absolute Gasteiger partial charge is 0.369 e. The molecule has 0 aliphatic carbocycles. The summed E-state index contributed by atoms with van der Waals surface area (Å²) in [5.74, 6) is -1.25. The third-order valence-corrected chi connectivity index (χ3v) is 5.33. The summed E-state index contributed by atoms with van der Waals surface area (Å²) in [4.78, 5) is 23.1. The van der Waals surface area contributed by atoms with Gasteiger partial charge in [-0.25, -0.2) is 9.98 Å². The van der Waals surface area contributed by atoms with Gasteiger partial charge in [0.15, 0.2) is 5.96 Å². The van der Waals surface area contributed by atoms with Crippen LogP contribution in [0.15, 0.2) is 84.0 Å². The lowest BCUT2D eigenvalue weighted by Crippen LogP contribution is -2.54. The molecule has 30 heavy (non-hydrogen) atoms. The molecule has 0 radical (unpaired) electrons. The number of nitrogens with two attached hydrogens (primary N) is 1. The molecule has 5 nitrogen and oxygen atoms in total. The van der Waals surface area contributed by atoms with Crippen molar-refractivity contribution in [2.24, 2.45) is 10.7 Å². The zero-order valence-corrected chi connectivity index (χ0v) is 17.3. The van der Waals surface area contributed by atoms with Crippen LogP contribution in [0.1, 0.15) is 30.9 Å². The first-order valence-corrected chi connectivity index (χ1v) is 9.62. The van der Waals surface area contributed by atoms with Crippen molar-refractivity contribution in [2.45, 2.75) is 25.3 Å². The van der Waals surface area contributed by atoms with Crippen LogP contribution in [0.4, 0.5) is 4.39 Å². The minimum atomic E-state index is -1.01. The molecule has 154 valence electrons. The van der Waals surface area contributed by atoms with Gasteiger partial charge in [-0.1, -0.05) is 49.1 Å². The molecule has 0 saturated carbocycles. The number of guanidine groups is 1. The summed E-state index contributed by atoms with van der Waals surface area (Å²) in [5.41, 5.74) is 7.32. The van der Waals surface area contributed by atoms with Crippen molar-refractivity contribution in [3.8, 4) is 0 Å². The Hall–Kier alpha value is -3.54. The molecule has 0 spiro atoms. The molecule has 1 aromatic carbocycles. The van der Waals surface area contributed by atoms with Crippen molar-refractivity contribution in [2.75, 3.05) is 7.05 Å². The standard InChI is InChI=1S/C24H25FN4O/c1-5-10-18(15-16(2)19-13-9-14-27-21(19)25)24(3)20(17-11-7-6-8-12-17)22(30)29(4)23(26)28-24/h5-15,20H,2H2,1,3-4H3,(H2,26,28)/b10-5-,18-15+. The summed E-state index contributed by atoms with van der Waals surface area (Å²) in [6, 6.07) is 12.7. The van der Waals surface area contributed by atoms with E-state index in [1.54, 1.807) is 25.3 Å². The number of nitrogens with zero attached hydrogens (tertiary/aromatic N) is 3. The molecule has 0 saturated heterocycles. The van der Waals surface area contributed by atoms with Crippen LogP contribution in [0.25, 0.3) is 5.57 Å². The van der Waals surface area contributed by atoms with Gasteiger partial charge < -0.3 is 5.73 Å². The average Bonchev–Trinajstić information content (AvgIpc) is 2.73. The lowest BCUT2D eigenvalue weighted by molar-refractivity contribution is -0.130. The zero-order chi connectivity index (χ0) is 21.9. The number of likely N-dealkylation sites (N-methyl/N-ethyl adjacent to an activating group) is 1. The number of hydrogen-bond donors (Lipinski definition) is 1. The van der Waals surface area contributed by atoms with E-state index in [1.807, 2.05) is 56.3 Å². The summed E-state index contributed by atoms with van der Waals surface area (Å²) in [7, 11) is 1.61. The predicted molar refractivity (Wildman–Crippen MR) is 118 cm³/mol. The fourth-order valence-electron chi connectivity index (χ4n) is 3.70. The van der Waals surface area contributed by atoms with E-state index >= 15 is 0 Å². The number of aliphatic imine (C=N–C) groups is 1. The molecule has 2 aromatic rings. The maximum absolute atomic E-state index is 14.2. The van der Waals surface area contributed by atoms with Crippen molar-refractivity contribution in [3.05, 3.63) is 96.1 Å². The van der Waals surface area contributed by atoms with E-state index in [2.05, 4.69) is 11.6 Å². The number of pyridine rings is 1. The van der Waals surface area contributed by atoms with E-state index in [0.717, 1.165) is 5.56 Å². The second-order valence-electron chi connectivity index (χ2n) is 7.33. The second-order valence-corrected chi connectivity index (χ2v) is 7.33. The molecule has 2 atom stereocenters. The summed E-state index contributed by atoms with van der Waals surface area (Å²) in [5, 5.41) is 0. The summed E-state index contributed by atoms with van der Waals surface area (Å²) < 4.78 is 14.2. The Balaban J connectivity index is 2.20. The molecular formula is C24H25FN4O. The number of allylic oxidation sites excluding steroid dienone is 3. The molecule has 0 fully saturated rings. The molecule has 1 amide bonds. The van der Waals surface area contributed by atoms with Crippen molar-refractivity contribution < 1.29 is 9.18 Å². The fourth-order valence-corrected chi connectivity index (χ4v) is 3.70. The molecule has 1 aliphatic rings. The number of carbonyl (C=O) groups excluding carboxylic acids is 1. The van der Waals surface area contributed by atoms with Crippen LogP contribution in [0, 0.1) is 5.95 Å². The number of rotatable bonds is 5. The Labute approximate surface area is 176 Å². The summed E-state index contributed by atoms with van der Waals surface area (Å²) in [6.07, 6.45) is 6.83. The molecule has 0 bridgehead atoms. The Morgan fingerprint density at radius 3 is 2.60 bits per heavy atom. The number of hydrogen-bond acceptors (Lipinski definition) is 4. The number of carbonyl (C=O) groups is 1. The second kappa shape index (κ2) is 8.45. The van der Waals surface area contributed by atoms with E-state index in [9.17, 15) is 9.18 Å². The van der Waals surface area contributed by atoms with E-state index in [1.165, 1.54) is 11.1 Å². The van der Waals surface area contributed by atoms with Crippen molar-refractivity contribution >= 4 is 17.4 Å². The number of halogens is 1. The SMILES string of the molecule is C=C(/C=C(\C=C/C)C1(C)N=C(N)N(C)C(=O)C1c1ccccc1)c1cccnc1F. The van der Waals surface area contributed by atoms with Crippen molar-refractivity contribution in [1.82, 2.24) is 9.88 Å². The van der Waals surface area contributed by atoms with Gasteiger partial charge in [0.05, 0.1) is 5.92 Å². The first-order valence-electron chi connectivity index (χ1n) is 9.62. The Kier molecular flexibility index (Phi) is 5.96. The zero-order valence-electron chi connectivity index (χ0n) is 17.3. The summed E-state index contributed by atoms with van der Waals surface area (Å²) in [6.45, 7) is 7.75. The molecule has 6 heteroatoms. The van der Waals surface area contributed by atoms with Crippen molar-refractivity contribution in [3.63, 3.8) is 0 Å². The van der Waals surface area contributed by atoms with E-state index in [4.69, 9.17) is 10.7 Å². The van der Waals surface area contributed by atoms with Crippen LogP contribution in [0.5, 0.6) is 0 Å². The normalized spacial score (nSPS) is 22.3. The van der Waals surface area contributed by atoms with Gasteiger partial charge in [-0.15, -0.1) is 0 Å². The van der Waals surface area contributed by atoms with Crippen LogP contribution < -0.4 is 5.73 Å². The Morgan fingerprint density at radius 1 is 1.27 bits per heavy atom. The number of benzene rings is 1. The highest BCUT2D eigenvalue weighted by molar-refractivity contribution is 6.03. The van der Waals surface area contributed by atoms with Crippen LogP contribution in [0.3, 0.4) is 0 Å². The highest BCUT2D eigenvalue weighted by Crippen LogP contribution is 2.42. The Morgan fingerprint density at radius 2 is 1.97 bits per heavy atom. The minimum absolute atomic E-state index is 0.128. The molecule has 3 rings (SSSR count). The van der Waals surface area contributed by atoms with Crippen LogP contribution in [0.2, 0.25) is 0 Å². The molecule has 2 unspecified atom stereocenters. The molecule has 1 aromatic heterocycles. The lowest BCUT2D eigenvalue weighted by atomic mass is 9.73. The minimum Gasteiger partial charge on any atom is -0.369 e. The fraction of sp³-hybridized carbons (Fsp3) is 0.208. The van der Waals surface area contributed by atoms with Crippen LogP contribution in [-0.4, -0.2) is 34.3 Å². The van der Waals surface area contributed by atoms with Gasteiger partial charge >= 0.3 is 0 Å². The van der Waals surface area contributed by atoms with Crippen LogP contribution in [-0.2, 0) is 4.79 Å². The topological polar surface area (TPSA) is 71.6 Å². The van der Waals surface area contributed by atoms with Gasteiger partial charge in [-0.2, -0.15) is 4.39 Å². The van der Waals surface area contributed by atoms with Gasteiger partial charge in [-0.05, 0) is 48.8 Å². The monoisotopic (exact) mass is 404 g/mol. The lowest BCUT2D eigenvalue weighted by Gasteiger charge is -2.41. The van der Waals surface area contributed by atoms with E-state index in [-0.39, 0.29) is 17.4 Å². The Bertz CT molecular complexity index is 1060. The van der Waals surface area contributed by atoms with Crippen LogP contribution >= 0.6 is 0 Å². The van der Waals surface area contributed by atoms with Gasteiger partial charge in [0.1, 0.15) is 5.54 Å². The third-order valence-electron chi connectivity index (χ3n) is 5.33. The quantitative estimate of drug-likeness (QED) is 0.603.